The van der Waals surface area contributed by atoms with Crippen molar-refractivity contribution in [3.63, 3.8) is 0 Å². The number of rotatable bonds is 1. The van der Waals surface area contributed by atoms with Crippen LogP contribution < -0.4 is 4.57 Å². The third kappa shape index (κ3) is 3.85. The highest BCUT2D eigenvalue weighted by molar-refractivity contribution is 6.28. The first kappa shape index (κ1) is 28.8. The minimum absolute atomic E-state index is 0.225. The first-order valence-electron chi connectivity index (χ1n) is 18.0. The van der Waals surface area contributed by atoms with Crippen molar-refractivity contribution in [2.45, 2.75) is 45.1 Å². The second-order valence-corrected chi connectivity index (χ2v) is 14.7. The molecule has 0 bridgehead atoms. The SMILES string of the molecule is C=C/C1=N/C(=C)CC2C(CCc3cc4c(cc31)c1c(C)cc(C)c3c5cc6c(cc5n4c13)oc1ccccc16)c1ccccc1-c1cccc[n+]12. The number of pyridine rings is 1. The Balaban J connectivity index is 1.19. The molecule has 51 heavy (non-hydrogen) atoms. The van der Waals surface area contributed by atoms with Gasteiger partial charge in [0, 0.05) is 73.3 Å². The predicted molar refractivity (Wildman–Crippen MR) is 211 cm³/mol. The van der Waals surface area contributed by atoms with Crippen LogP contribution in [0.5, 0.6) is 0 Å². The Morgan fingerprint density at radius 3 is 2.41 bits per heavy atom. The van der Waals surface area contributed by atoms with E-state index in [4.69, 9.17) is 9.41 Å². The number of allylic oxidation sites excluding steroid dienone is 2. The maximum atomic E-state index is 6.45. The van der Waals surface area contributed by atoms with Gasteiger partial charge in [0.15, 0.2) is 12.2 Å². The van der Waals surface area contributed by atoms with Crippen molar-refractivity contribution in [1.29, 1.82) is 0 Å². The summed E-state index contributed by atoms with van der Waals surface area (Å²) < 4.78 is 11.4. The molecule has 0 aliphatic carbocycles. The summed E-state index contributed by atoms with van der Waals surface area (Å²) >= 11 is 0. The van der Waals surface area contributed by atoms with Crippen molar-refractivity contribution in [3.05, 3.63) is 156 Å². The Morgan fingerprint density at radius 1 is 0.784 bits per heavy atom. The van der Waals surface area contributed by atoms with Gasteiger partial charge in [0.05, 0.1) is 28.7 Å². The molecule has 0 radical (unpaired) electrons. The fraction of sp³-hybridized carbons (Fsp3) is 0.149. The number of nitrogens with zero attached hydrogens (tertiary/aromatic N) is 3. The Hall–Kier alpha value is -6.00. The predicted octanol–water partition coefficient (Wildman–Crippen LogP) is 11.5. The highest BCUT2D eigenvalue weighted by Crippen LogP contribution is 2.47. The van der Waals surface area contributed by atoms with E-state index in [9.17, 15) is 0 Å². The van der Waals surface area contributed by atoms with E-state index >= 15 is 0 Å². The molecular weight excluding hydrogens is 623 g/mol. The summed E-state index contributed by atoms with van der Waals surface area (Å²) in [7, 11) is 0. The average Bonchev–Trinajstić information content (AvgIpc) is 3.79. The highest BCUT2D eigenvalue weighted by atomic mass is 16.3. The van der Waals surface area contributed by atoms with Crippen LogP contribution in [0.15, 0.2) is 138 Å². The summed E-state index contributed by atoms with van der Waals surface area (Å²) in [6, 6.07) is 35.9. The van der Waals surface area contributed by atoms with Crippen LogP contribution in [0.2, 0.25) is 0 Å². The van der Waals surface area contributed by atoms with Crippen LogP contribution in [0.4, 0.5) is 0 Å². The number of hydrogen-bond donors (Lipinski definition) is 0. The molecule has 4 nitrogen and oxygen atoms in total. The largest absolute Gasteiger partial charge is 0.456 e. The Labute approximate surface area is 295 Å². The van der Waals surface area contributed by atoms with E-state index in [1.54, 1.807) is 0 Å². The lowest BCUT2D eigenvalue weighted by Crippen LogP contribution is -2.47. The van der Waals surface area contributed by atoms with Crippen LogP contribution in [0.25, 0.3) is 71.3 Å². The number of aryl methyl sites for hydroxylation is 3. The molecule has 2 aliphatic rings. The Bertz CT molecular complexity index is 3020. The second kappa shape index (κ2) is 10.3. The van der Waals surface area contributed by atoms with Crippen molar-refractivity contribution in [2.24, 2.45) is 4.99 Å². The molecule has 2 aliphatic heterocycles. The lowest BCUT2D eigenvalue weighted by Gasteiger charge is -2.31. The van der Waals surface area contributed by atoms with Crippen molar-refractivity contribution in [1.82, 2.24) is 4.40 Å². The van der Waals surface area contributed by atoms with Gasteiger partial charge in [-0.15, -0.1) is 0 Å². The quantitative estimate of drug-likeness (QED) is 0.162. The second-order valence-electron chi connectivity index (χ2n) is 14.7. The molecule has 0 N–H and O–H groups in total. The molecule has 4 aromatic heterocycles. The Morgan fingerprint density at radius 2 is 1.55 bits per heavy atom. The van der Waals surface area contributed by atoms with E-state index in [1.807, 2.05) is 12.1 Å². The van der Waals surface area contributed by atoms with Crippen LogP contribution in [0.1, 0.15) is 52.6 Å². The summed E-state index contributed by atoms with van der Waals surface area (Å²) in [4.78, 5) is 5.24. The van der Waals surface area contributed by atoms with Gasteiger partial charge in [-0.2, -0.15) is 4.57 Å². The fourth-order valence-electron chi connectivity index (χ4n) is 9.85. The van der Waals surface area contributed by atoms with Crippen LogP contribution in [0, 0.1) is 13.8 Å². The topological polar surface area (TPSA) is 33.8 Å². The molecule has 0 saturated carbocycles. The van der Waals surface area contributed by atoms with Crippen LogP contribution in [-0.4, -0.2) is 10.1 Å². The zero-order valence-electron chi connectivity index (χ0n) is 28.8. The van der Waals surface area contributed by atoms with Crippen molar-refractivity contribution in [3.8, 4) is 11.3 Å². The number of fused-ring (bicyclic) bond motifs is 16. The first-order valence-corrected chi connectivity index (χ1v) is 18.0. The number of aliphatic imine (C=N–C) groups is 1. The van der Waals surface area contributed by atoms with Crippen LogP contribution >= 0.6 is 0 Å². The normalized spacial score (nSPS) is 18.6. The van der Waals surface area contributed by atoms with Gasteiger partial charge in [0.2, 0.25) is 5.69 Å². The van der Waals surface area contributed by atoms with E-state index < -0.39 is 0 Å². The molecule has 11 rings (SSSR count). The third-order valence-corrected chi connectivity index (χ3v) is 11.9. The molecule has 2 atom stereocenters. The Kier molecular flexibility index (Phi) is 5.80. The molecule has 2 unspecified atom stereocenters. The maximum absolute atomic E-state index is 6.45. The van der Waals surface area contributed by atoms with Crippen LogP contribution in [-0.2, 0) is 6.42 Å². The van der Waals surface area contributed by atoms with Gasteiger partial charge in [-0.25, -0.2) is 0 Å². The zero-order chi connectivity index (χ0) is 34.1. The fourth-order valence-corrected chi connectivity index (χ4v) is 9.85. The van der Waals surface area contributed by atoms with Gasteiger partial charge in [-0.05, 0) is 91.4 Å². The van der Waals surface area contributed by atoms with Gasteiger partial charge in [0.25, 0.3) is 0 Å². The van der Waals surface area contributed by atoms with Crippen molar-refractivity contribution in [2.75, 3.05) is 0 Å². The minimum atomic E-state index is 0.225. The lowest BCUT2D eigenvalue weighted by atomic mass is 9.77. The average molecular weight is 659 g/mol. The van der Waals surface area contributed by atoms with Gasteiger partial charge < -0.3 is 8.82 Å². The molecule has 4 heteroatoms. The smallest absolute Gasteiger partial charge is 0.213 e. The van der Waals surface area contributed by atoms with Gasteiger partial charge in [0.1, 0.15) is 11.2 Å². The maximum Gasteiger partial charge on any atom is 0.213 e. The molecule has 0 fully saturated rings. The van der Waals surface area contributed by atoms with Crippen molar-refractivity contribution < 1.29 is 8.98 Å². The number of aromatic nitrogens is 2. The zero-order valence-corrected chi connectivity index (χ0v) is 28.8. The first-order chi connectivity index (χ1) is 25.0. The third-order valence-electron chi connectivity index (χ3n) is 11.9. The van der Waals surface area contributed by atoms with E-state index in [-0.39, 0.29) is 6.04 Å². The number of benzene rings is 5. The van der Waals surface area contributed by atoms with E-state index in [1.165, 1.54) is 77.0 Å². The standard InChI is InChI=1S/C47H36N3O/c1-5-38-34-23-36-41(22-29(34)17-18-32-30-12-6-7-13-31(30)39-15-10-11-19-49(39)40(32)21-28(4)48-38)50-42-25-44-35(33-14-8-9-16-43(33)51-44)24-37(42)46-27(3)20-26(2)45(36)47(46)50/h5-16,19-20,22-25,32,40H,1,4,17-18,21H2,2-3H3/q+1/b48-38-. The molecule has 0 spiro atoms. The summed E-state index contributed by atoms with van der Waals surface area (Å²) in [5.74, 6) is 0.321. The van der Waals surface area contributed by atoms with E-state index in [0.717, 1.165) is 52.8 Å². The number of furan rings is 1. The van der Waals surface area contributed by atoms with Crippen LogP contribution in [0.3, 0.4) is 0 Å². The molecule has 244 valence electrons. The van der Waals surface area contributed by atoms with Gasteiger partial charge >= 0.3 is 0 Å². The van der Waals surface area contributed by atoms with Crippen molar-refractivity contribution >= 4 is 65.7 Å². The minimum Gasteiger partial charge on any atom is -0.456 e. The highest BCUT2D eigenvalue weighted by Gasteiger charge is 2.40. The molecule has 6 heterocycles. The van der Waals surface area contributed by atoms with E-state index in [0.29, 0.717) is 5.92 Å². The number of hydrogen-bond acceptors (Lipinski definition) is 2. The lowest BCUT2D eigenvalue weighted by molar-refractivity contribution is -0.718. The molecule has 9 aromatic rings. The molecule has 5 aromatic carbocycles. The summed E-state index contributed by atoms with van der Waals surface area (Å²) in [6.07, 6.45) is 6.88. The van der Waals surface area contributed by atoms with Gasteiger partial charge in [-0.1, -0.05) is 55.6 Å². The molecule has 0 amide bonds. The summed E-state index contributed by atoms with van der Waals surface area (Å²) in [5, 5.41) is 7.47. The summed E-state index contributed by atoms with van der Waals surface area (Å²) in [6.45, 7) is 13.3. The van der Waals surface area contributed by atoms with E-state index in [2.05, 4.69) is 133 Å². The molecule has 0 saturated heterocycles. The monoisotopic (exact) mass is 658 g/mol. The molecular formula is C47H36N3O+. The summed E-state index contributed by atoms with van der Waals surface area (Å²) in [5.41, 5.74) is 16.4. The number of para-hydroxylation sites is 1. The van der Waals surface area contributed by atoms with Gasteiger partial charge in [-0.3, -0.25) is 4.99 Å².